The average Bonchev–Trinajstić information content (AvgIpc) is 3.94. The molecule has 0 unspecified atom stereocenters. The van der Waals surface area contributed by atoms with Crippen molar-refractivity contribution in [2.45, 2.75) is 81.2 Å². The molecule has 5 amide bonds. The predicted molar refractivity (Wildman–Crippen MR) is 233 cm³/mol. The summed E-state index contributed by atoms with van der Waals surface area (Å²) in [7, 11) is 0. The van der Waals surface area contributed by atoms with Crippen LogP contribution in [0, 0.1) is 0 Å². The molecule has 0 radical (unpaired) electrons. The minimum absolute atomic E-state index is 0.0114. The van der Waals surface area contributed by atoms with Crippen molar-refractivity contribution in [1.29, 1.82) is 0 Å². The third kappa shape index (κ3) is 12.4. The summed E-state index contributed by atoms with van der Waals surface area (Å²) in [6, 6.07) is 26.2. The Morgan fingerprint density at radius 3 is 1.65 bits per heavy atom. The number of nitrogens with two attached hydrogens (primary N) is 1. The average molecular weight is 858 g/mol. The van der Waals surface area contributed by atoms with Gasteiger partial charge in [0.2, 0.25) is 29.5 Å². The van der Waals surface area contributed by atoms with Gasteiger partial charge in [-0.2, -0.15) is 0 Å². The molecule has 328 valence electrons. The van der Waals surface area contributed by atoms with Crippen molar-refractivity contribution >= 4 is 52.4 Å². The highest BCUT2D eigenvalue weighted by molar-refractivity contribution is 5.98. The second-order valence-electron chi connectivity index (χ2n) is 15.6. The van der Waals surface area contributed by atoms with Crippen LogP contribution in [0.4, 0.5) is 0 Å². The van der Waals surface area contributed by atoms with Crippen LogP contribution in [-0.2, 0) is 59.2 Å². The second-order valence-corrected chi connectivity index (χ2v) is 15.6. The number of fused-ring (bicyclic) bond motifs is 1. The summed E-state index contributed by atoms with van der Waals surface area (Å²) in [5.74, 6) is -6.50. The zero-order valence-electron chi connectivity index (χ0n) is 34.4. The Hall–Kier alpha value is -7.33. The van der Waals surface area contributed by atoms with Gasteiger partial charge in [0.05, 0.1) is 12.5 Å². The minimum Gasteiger partial charge on any atom is -0.481 e. The van der Waals surface area contributed by atoms with E-state index in [1.54, 1.807) is 97.2 Å². The number of benzene rings is 4. The summed E-state index contributed by atoms with van der Waals surface area (Å²) >= 11 is 0. The number of H-pyrrole nitrogens is 1. The normalized spacial score (nSPS) is 15.9. The molecule has 2 heterocycles. The van der Waals surface area contributed by atoms with Gasteiger partial charge in [0.25, 0.3) is 0 Å². The van der Waals surface area contributed by atoms with Crippen LogP contribution >= 0.6 is 0 Å². The van der Waals surface area contributed by atoms with Gasteiger partial charge in [-0.1, -0.05) is 109 Å². The Morgan fingerprint density at radius 1 is 0.619 bits per heavy atom. The number of carbonyl (C=O) groups excluding carboxylic acids is 5. The van der Waals surface area contributed by atoms with Crippen LogP contribution in [-0.4, -0.2) is 104 Å². The lowest BCUT2D eigenvalue weighted by Gasteiger charge is -2.30. The highest BCUT2D eigenvalue weighted by atomic mass is 16.4. The predicted octanol–water partition coefficient (Wildman–Crippen LogP) is 2.26. The lowest BCUT2D eigenvalue weighted by molar-refractivity contribution is -0.147. The molecule has 0 saturated carbocycles. The molecule has 63 heavy (non-hydrogen) atoms. The van der Waals surface area contributed by atoms with Gasteiger partial charge < -0.3 is 47.1 Å². The third-order valence-corrected chi connectivity index (χ3v) is 11.0. The number of hydrogen-bond donors (Lipinski definition) is 8. The van der Waals surface area contributed by atoms with Crippen molar-refractivity contribution in [2.24, 2.45) is 5.73 Å². The maximum absolute atomic E-state index is 14.3. The van der Waals surface area contributed by atoms with E-state index in [4.69, 9.17) is 5.73 Å². The fourth-order valence-corrected chi connectivity index (χ4v) is 7.77. The first kappa shape index (κ1) is 45.2. The number of aliphatic carboxylic acids is 2. The van der Waals surface area contributed by atoms with Gasteiger partial charge >= 0.3 is 11.9 Å². The fraction of sp³-hybridized carbons (Fsp3) is 0.298. The molecular weight excluding hydrogens is 807 g/mol. The number of carboxylic acid groups (broad SMARTS) is 2. The first-order chi connectivity index (χ1) is 30.4. The van der Waals surface area contributed by atoms with E-state index in [0.717, 1.165) is 21.4 Å². The van der Waals surface area contributed by atoms with Crippen molar-refractivity contribution < 1.29 is 43.8 Å². The SMILES string of the molecule is N[C@@H](Cc1c[nH]c2ccccc12)C(=O)N[C@@H](Cc1ccccc1)C(=O)N[C@@H](Cc1ccccc1)C(=O)N[C@@H](CC(=O)O)C(=O)N1CCC[C@H]1C(=O)N[C@@H](Cc1ccccc1)C(=O)O. The van der Waals surface area contributed by atoms with Crippen LogP contribution in [0.15, 0.2) is 121 Å². The molecule has 16 heteroatoms. The molecule has 1 fully saturated rings. The number of aromatic amines is 1. The van der Waals surface area contributed by atoms with E-state index in [0.29, 0.717) is 23.1 Å². The van der Waals surface area contributed by atoms with E-state index in [1.165, 1.54) is 0 Å². The lowest BCUT2D eigenvalue weighted by atomic mass is 10.0. The second kappa shape index (κ2) is 21.5. The van der Waals surface area contributed by atoms with Gasteiger partial charge in [0, 0.05) is 42.9 Å². The van der Waals surface area contributed by atoms with E-state index in [-0.39, 0.29) is 38.6 Å². The van der Waals surface area contributed by atoms with Crippen molar-refractivity contribution in [3.63, 3.8) is 0 Å². The Kier molecular flexibility index (Phi) is 15.4. The Bertz CT molecular complexity index is 2390. The van der Waals surface area contributed by atoms with E-state index in [1.807, 2.05) is 24.3 Å². The third-order valence-electron chi connectivity index (χ3n) is 11.0. The summed E-state index contributed by atoms with van der Waals surface area (Å²) in [5.41, 5.74) is 10.1. The van der Waals surface area contributed by atoms with Gasteiger partial charge in [-0.05, 0) is 47.6 Å². The number of carbonyl (C=O) groups is 7. The van der Waals surface area contributed by atoms with Crippen LogP contribution in [0.25, 0.3) is 10.9 Å². The number of amides is 5. The Labute approximate surface area is 363 Å². The maximum Gasteiger partial charge on any atom is 0.326 e. The van der Waals surface area contributed by atoms with Gasteiger partial charge in [-0.25, -0.2) is 4.79 Å². The summed E-state index contributed by atoms with van der Waals surface area (Å²) < 4.78 is 0. The zero-order valence-corrected chi connectivity index (χ0v) is 34.4. The first-order valence-electron chi connectivity index (χ1n) is 20.7. The molecule has 4 aromatic carbocycles. The van der Waals surface area contributed by atoms with Gasteiger partial charge in [0.15, 0.2) is 0 Å². The quantitative estimate of drug-likeness (QED) is 0.0567. The molecule has 5 aromatic rings. The molecule has 6 atom stereocenters. The zero-order chi connectivity index (χ0) is 44.9. The lowest BCUT2D eigenvalue weighted by Crippen LogP contribution is -2.60. The number of carboxylic acids is 2. The largest absolute Gasteiger partial charge is 0.481 e. The van der Waals surface area contributed by atoms with Gasteiger partial charge in [-0.15, -0.1) is 0 Å². The number of hydrogen-bond acceptors (Lipinski definition) is 8. The van der Waals surface area contributed by atoms with Crippen LogP contribution < -0.4 is 27.0 Å². The number of nitrogens with one attached hydrogen (secondary N) is 5. The first-order valence-corrected chi connectivity index (χ1v) is 20.7. The smallest absolute Gasteiger partial charge is 0.326 e. The summed E-state index contributed by atoms with van der Waals surface area (Å²) in [5, 5.41) is 31.3. The highest BCUT2D eigenvalue weighted by Gasteiger charge is 2.40. The monoisotopic (exact) mass is 857 g/mol. The molecule has 1 aromatic heterocycles. The summed E-state index contributed by atoms with van der Waals surface area (Å²) in [6.07, 6.45) is 1.57. The fourth-order valence-electron chi connectivity index (χ4n) is 7.77. The molecule has 1 aliphatic rings. The van der Waals surface area contributed by atoms with Crippen LogP contribution in [0.1, 0.15) is 41.5 Å². The molecule has 0 aliphatic carbocycles. The number of likely N-dealkylation sites (tertiary alicyclic amines) is 1. The number of aromatic nitrogens is 1. The van der Waals surface area contributed by atoms with Gasteiger partial charge in [0.1, 0.15) is 30.2 Å². The van der Waals surface area contributed by atoms with Crippen LogP contribution in [0.3, 0.4) is 0 Å². The van der Waals surface area contributed by atoms with Gasteiger partial charge in [-0.3, -0.25) is 28.8 Å². The minimum atomic E-state index is -1.67. The van der Waals surface area contributed by atoms with E-state index >= 15 is 0 Å². The van der Waals surface area contributed by atoms with E-state index in [9.17, 15) is 43.8 Å². The van der Waals surface area contributed by atoms with Crippen molar-refractivity contribution in [2.75, 3.05) is 6.54 Å². The Balaban J connectivity index is 1.19. The Morgan fingerprint density at radius 2 is 1.11 bits per heavy atom. The van der Waals surface area contributed by atoms with Crippen molar-refractivity contribution in [3.8, 4) is 0 Å². The van der Waals surface area contributed by atoms with E-state index < -0.39 is 84.1 Å². The molecule has 0 bridgehead atoms. The maximum atomic E-state index is 14.3. The van der Waals surface area contributed by atoms with Crippen LogP contribution in [0.2, 0.25) is 0 Å². The molecule has 16 nitrogen and oxygen atoms in total. The number of nitrogens with zero attached hydrogens (tertiary/aromatic N) is 1. The van der Waals surface area contributed by atoms with E-state index in [2.05, 4.69) is 26.3 Å². The highest BCUT2D eigenvalue weighted by Crippen LogP contribution is 2.21. The molecule has 1 saturated heterocycles. The van der Waals surface area contributed by atoms with Crippen molar-refractivity contribution in [1.82, 2.24) is 31.2 Å². The summed E-state index contributed by atoms with van der Waals surface area (Å²) in [4.78, 5) is 98.5. The van der Waals surface area contributed by atoms with Crippen molar-refractivity contribution in [3.05, 3.63) is 144 Å². The number of rotatable bonds is 20. The molecule has 9 N–H and O–H groups in total. The molecular formula is C47H51N7O9. The standard InChI is InChI=1S/C47H51N7O9/c48-34(26-32-28-49-35-20-11-10-19-33(32)35)42(57)50-36(23-29-13-4-1-5-14-29)43(58)51-37(24-30-15-6-2-7-16-30)44(59)52-38(27-41(55)56)46(61)54-22-12-21-40(54)45(60)53-39(47(62)63)25-31-17-8-3-9-18-31/h1-11,13-20,28,34,36-40,49H,12,21-27,48H2,(H,50,57)(H,51,58)(H,52,59)(H,53,60)(H,55,56)(H,62,63)/t34-,36-,37-,38-,39-,40-/m0/s1. The molecule has 0 spiro atoms. The molecule has 6 rings (SSSR count). The topological polar surface area (TPSA) is 253 Å². The number of para-hydroxylation sites is 1. The van der Waals surface area contributed by atoms with Crippen LogP contribution in [0.5, 0.6) is 0 Å². The summed E-state index contributed by atoms with van der Waals surface area (Å²) in [6.45, 7) is 0.0484. The molecule has 1 aliphatic heterocycles.